The van der Waals surface area contributed by atoms with Crippen LogP contribution in [0.5, 0.6) is 0 Å². The molecule has 0 unspecified atom stereocenters. The summed E-state index contributed by atoms with van der Waals surface area (Å²) in [5.74, 6) is -0.936. The quantitative estimate of drug-likeness (QED) is 0.771. The van der Waals surface area contributed by atoms with Crippen LogP contribution in [0, 0.1) is 0 Å². The Morgan fingerprint density at radius 1 is 1.47 bits per heavy atom. The first-order valence-corrected chi connectivity index (χ1v) is 4.70. The SMILES string of the molecule is CCOC(=O)[C@@H](O)[C@H](F)c1ccccc1. The molecule has 3 nitrogen and oxygen atoms in total. The van der Waals surface area contributed by atoms with Crippen molar-refractivity contribution < 1.29 is 19.0 Å². The molecular weight excluding hydrogens is 199 g/mol. The van der Waals surface area contributed by atoms with Crippen molar-refractivity contribution in [1.29, 1.82) is 0 Å². The number of hydrogen-bond acceptors (Lipinski definition) is 3. The molecule has 0 radical (unpaired) electrons. The number of esters is 1. The molecule has 0 heterocycles. The second-order valence-corrected chi connectivity index (χ2v) is 3.01. The summed E-state index contributed by atoms with van der Waals surface area (Å²) in [7, 11) is 0. The molecule has 1 aromatic carbocycles. The molecule has 82 valence electrons. The average molecular weight is 212 g/mol. The molecule has 1 aromatic rings. The molecule has 0 aromatic heterocycles. The second-order valence-electron chi connectivity index (χ2n) is 3.01. The van der Waals surface area contributed by atoms with Crippen molar-refractivity contribution in [3.8, 4) is 0 Å². The monoisotopic (exact) mass is 212 g/mol. The number of alkyl halides is 1. The first-order valence-electron chi connectivity index (χ1n) is 4.70. The summed E-state index contributed by atoms with van der Waals surface area (Å²) in [6.07, 6.45) is -3.50. The Bertz CT molecular complexity index is 313. The molecule has 0 fully saturated rings. The number of carbonyl (C=O) groups is 1. The second kappa shape index (κ2) is 5.46. The molecule has 4 heteroatoms. The van der Waals surface area contributed by atoms with Crippen LogP contribution < -0.4 is 0 Å². The van der Waals surface area contributed by atoms with E-state index in [4.69, 9.17) is 0 Å². The van der Waals surface area contributed by atoms with Gasteiger partial charge in [-0.2, -0.15) is 0 Å². The maximum Gasteiger partial charge on any atom is 0.338 e. The van der Waals surface area contributed by atoms with E-state index in [9.17, 15) is 14.3 Å². The molecule has 0 aliphatic carbocycles. The summed E-state index contributed by atoms with van der Waals surface area (Å²) in [6.45, 7) is 1.72. The van der Waals surface area contributed by atoms with Gasteiger partial charge in [-0.25, -0.2) is 9.18 Å². The number of rotatable bonds is 4. The molecule has 1 rings (SSSR count). The first kappa shape index (κ1) is 11.7. The first-order chi connectivity index (χ1) is 7.16. The fourth-order valence-corrected chi connectivity index (χ4v) is 1.17. The van der Waals surface area contributed by atoms with Crippen molar-refractivity contribution in [3.05, 3.63) is 35.9 Å². The lowest BCUT2D eigenvalue weighted by atomic mass is 10.1. The molecule has 0 aliphatic heterocycles. The minimum atomic E-state index is -1.76. The van der Waals surface area contributed by atoms with Gasteiger partial charge in [-0.15, -0.1) is 0 Å². The van der Waals surface area contributed by atoms with Gasteiger partial charge in [-0.3, -0.25) is 0 Å². The maximum absolute atomic E-state index is 13.6. The van der Waals surface area contributed by atoms with Gasteiger partial charge in [0.15, 0.2) is 12.3 Å². The predicted octanol–water partition coefficient (Wildman–Crippen LogP) is 1.62. The van der Waals surface area contributed by atoms with Crippen molar-refractivity contribution in [1.82, 2.24) is 0 Å². The van der Waals surface area contributed by atoms with Crippen molar-refractivity contribution in [2.24, 2.45) is 0 Å². The van der Waals surface area contributed by atoms with Gasteiger partial charge in [0.25, 0.3) is 0 Å². The maximum atomic E-state index is 13.6. The van der Waals surface area contributed by atoms with Gasteiger partial charge in [0.1, 0.15) is 0 Å². The van der Waals surface area contributed by atoms with Crippen LogP contribution in [0.15, 0.2) is 30.3 Å². The Labute approximate surface area is 87.5 Å². The number of ether oxygens (including phenoxy) is 1. The van der Waals surface area contributed by atoms with Crippen LogP contribution in [-0.2, 0) is 9.53 Å². The molecule has 0 aliphatic rings. The van der Waals surface area contributed by atoms with Crippen molar-refractivity contribution in [3.63, 3.8) is 0 Å². The highest BCUT2D eigenvalue weighted by Gasteiger charge is 2.28. The zero-order valence-corrected chi connectivity index (χ0v) is 8.39. The minimum absolute atomic E-state index is 0.122. The van der Waals surface area contributed by atoms with E-state index in [1.165, 1.54) is 12.1 Å². The third-order valence-corrected chi connectivity index (χ3v) is 1.92. The lowest BCUT2D eigenvalue weighted by Gasteiger charge is -2.14. The summed E-state index contributed by atoms with van der Waals surface area (Å²) < 4.78 is 18.1. The van der Waals surface area contributed by atoms with Crippen LogP contribution >= 0.6 is 0 Å². The molecule has 0 saturated carbocycles. The molecular formula is C11H13FO3. The Kier molecular flexibility index (Phi) is 4.24. The van der Waals surface area contributed by atoms with Crippen molar-refractivity contribution >= 4 is 5.97 Å². The van der Waals surface area contributed by atoms with Crippen molar-refractivity contribution in [2.75, 3.05) is 6.61 Å². The van der Waals surface area contributed by atoms with Crippen LogP contribution in [0.25, 0.3) is 0 Å². The molecule has 0 spiro atoms. The van der Waals surface area contributed by atoms with Crippen LogP contribution in [-0.4, -0.2) is 23.8 Å². The fraction of sp³-hybridized carbons (Fsp3) is 0.364. The van der Waals surface area contributed by atoms with Gasteiger partial charge in [0.2, 0.25) is 0 Å². The molecule has 0 bridgehead atoms. The standard InChI is InChI=1S/C11H13FO3/c1-2-15-11(14)10(13)9(12)8-6-4-3-5-7-8/h3-7,9-10,13H,2H2,1H3/t9-,10+/m1/s1. The van der Waals surface area contributed by atoms with E-state index < -0.39 is 18.2 Å². The number of aliphatic hydroxyl groups is 1. The largest absolute Gasteiger partial charge is 0.464 e. The summed E-state index contributed by atoms with van der Waals surface area (Å²) >= 11 is 0. The lowest BCUT2D eigenvalue weighted by Crippen LogP contribution is -2.27. The Hall–Kier alpha value is -1.42. The minimum Gasteiger partial charge on any atom is -0.464 e. The summed E-state index contributed by atoms with van der Waals surface area (Å²) in [6, 6.07) is 8.02. The van der Waals surface area contributed by atoms with E-state index in [1.807, 2.05) is 0 Å². The van der Waals surface area contributed by atoms with Crippen LogP contribution in [0.2, 0.25) is 0 Å². The fourth-order valence-electron chi connectivity index (χ4n) is 1.17. The summed E-state index contributed by atoms with van der Waals surface area (Å²) in [5.41, 5.74) is 0.262. The molecule has 0 saturated heterocycles. The molecule has 0 amide bonds. The van der Waals surface area contributed by atoms with Gasteiger partial charge in [-0.1, -0.05) is 30.3 Å². The third-order valence-electron chi connectivity index (χ3n) is 1.92. The van der Waals surface area contributed by atoms with Gasteiger partial charge < -0.3 is 9.84 Å². The zero-order chi connectivity index (χ0) is 11.3. The van der Waals surface area contributed by atoms with E-state index in [0.29, 0.717) is 0 Å². The number of halogens is 1. The van der Waals surface area contributed by atoms with E-state index >= 15 is 0 Å². The Morgan fingerprint density at radius 2 is 2.07 bits per heavy atom. The van der Waals surface area contributed by atoms with Crippen LogP contribution in [0.1, 0.15) is 18.7 Å². The number of carbonyl (C=O) groups excluding carboxylic acids is 1. The Balaban J connectivity index is 2.68. The highest BCUT2D eigenvalue weighted by atomic mass is 19.1. The van der Waals surface area contributed by atoms with Crippen LogP contribution in [0.3, 0.4) is 0 Å². The summed E-state index contributed by atoms with van der Waals surface area (Å²) in [4.78, 5) is 11.0. The van der Waals surface area contributed by atoms with Crippen LogP contribution in [0.4, 0.5) is 4.39 Å². The lowest BCUT2D eigenvalue weighted by molar-refractivity contribution is -0.156. The van der Waals surface area contributed by atoms with E-state index in [1.54, 1.807) is 25.1 Å². The van der Waals surface area contributed by atoms with Gasteiger partial charge in [-0.05, 0) is 12.5 Å². The summed E-state index contributed by atoms with van der Waals surface area (Å²) in [5, 5.41) is 9.32. The number of aliphatic hydroxyl groups excluding tert-OH is 1. The van der Waals surface area contributed by atoms with Gasteiger partial charge in [0, 0.05) is 0 Å². The molecule has 1 N–H and O–H groups in total. The number of hydrogen-bond donors (Lipinski definition) is 1. The topological polar surface area (TPSA) is 46.5 Å². The molecule has 2 atom stereocenters. The highest BCUT2D eigenvalue weighted by molar-refractivity contribution is 5.75. The third kappa shape index (κ3) is 3.02. The van der Waals surface area contributed by atoms with Gasteiger partial charge in [0.05, 0.1) is 6.61 Å². The molecule has 15 heavy (non-hydrogen) atoms. The van der Waals surface area contributed by atoms with Gasteiger partial charge >= 0.3 is 5.97 Å². The van der Waals surface area contributed by atoms with Crippen molar-refractivity contribution in [2.45, 2.75) is 19.2 Å². The normalized spacial score (nSPS) is 14.3. The smallest absolute Gasteiger partial charge is 0.338 e. The van der Waals surface area contributed by atoms with E-state index in [0.717, 1.165) is 0 Å². The van der Waals surface area contributed by atoms with E-state index in [2.05, 4.69) is 4.74 Å². The number of benzene rings is 1. The average Bonchev–Trinajstić information content (AvgIpc) is 2.28. The predicted molar refractivity (Wildman–Crippen MR) is 52.9 cm³/mol. The zero-order valence-electron chi connectivity index (χ0n) is 8.39. The Morgan fingerprint density at radius 3 is 2.60 bits per heavy atom. The van der Waals surface area contributed by atoms with E-state index in [-0.39, 0.29) is 12.2 Å². The highest BCUT2D eigenvalue weighted by Crippen LogP contribution is 2.21.